The number of carbonyl (C=O) groups is 1. The molecule has 2 N–H and O–H groups in total. The minimum atomic E-state index is -0.846. The van der Waals surface area contributed by atoms with Gasteiger partial charge in [0.25, 0.3) is 0 Å². The fraction of sp³-hybridized carbons (Fsp3) is 0.350. The number of ether oxygens (including phenoxy) is 1. The first-order valence-electron chi connectivity index (χ1n) is 8.11. The Balaban J connectivity index is 1.96. The van der Waals surface area contributed by atoms with Gasteiger partial charge in [0.15, 0.2) is 0 Å². The summed E-state index contributed by atoms with van der Waals surface area (Å²) in [7, 11) is 0. The van der Waals surface area contributed by atoms with E-state index in [0.717, 1.165) is 16.9 Å². The summed E-state index contributed by atoms with van der Waals surface area (Å²) in [5.74, 6) is -0.0590. The van der Waals surface area contributed by atoms with Gasteiger partial charge in [0, 0.05) is 6.54 Å². The molecule has 0 aromatic heterocycles. The smallest absolute Gasteiger partial charge is 0.321 e. The molecule has 0 saturated carbocycles. The van der Waals surface area contributed by atoms with E-state index in [4.69, 9.17) is 4.74 Å². The van der Waals surface area contributed by atoms with E-state index < -0.39 is 12.0 Å². The van der Waals surface area contributed by atoms with Gasteiger partial charge < -0.3 is 15.2 Å². The second-order valence-corrected chi connectivity index (χ2v) is 6.82. The Kier molecular flexibility index (Phi) is 5.99. The Labute approximate surface area is 143 Å². The van der Waals surface area contributed by atoms with E-state index in [1.54, 1.807) is 0 Å². The number of aliphatic carboxylic acids is 1. The molecule has 0 aliphatic rings. The van der Waals surface area contributed by atoms with Gasteiger partial charge in [-0.15, -0.1) is 0 Å². The predicted octanol–water partition coefficient (Wildman–Crippen LogP) is 3.65. The molecule has 0 radical (unpaired) electrons. The number of benzene rings is 2. The van der Waals surface area contributed by atoms with E-state index in [0.29, 0.717) is 13.0 Å². The second kappa shape index (κ2) is 7.97. The third kappa shape index (κ3) is 6.05. The largest absolute Gasteiger partial charge is 0.488 e. The molecule has 0 heterocycles. The van der Waals surface area contributed by atoms with E-state index in [1.807, 2.05) is 75.4 Å². The zero-order valence-electron chi connectivity index (χ0n) is 14.5. The van der Waals surface area contributed by atoms with Crippen molar-refractivity contribution in [2.45, 2.75) is 45.4 Å². The molecule has 0 aliphatic carbocycles. The van der Waals surface area contributed by atoms with Gasteiger partial charge >= 0.3 is 5.97 Å². The Morgan fingerprint density at radius 1 is 1.04 bits per heavy atom. The highest BCUT2D eigenvalue weighted by Gasteiger charge is 2.18. The first-order chi connectivity index (χ1) is 11.3. The number of rotatable bonds is 7. The Morgan fingerprint density at radius 2 is 1.67 bits per heavy atom. The predicted molar refractivity (Wildman–Crippen MR) is 95.2 cm³/mol. The second-order valence-electron chi connectivity index (χ2n) is 6.82. The van der Waals surface area contributed by atoms with Crippen LogP contribution in [0.3, 0.4) is 0 Å². The van der Waals surface area contributed by atoms with Crippen molar-refractivity contribution in [3.63, 3.8) is 0 Å². The van der Waals surface area contributed by atoms with Crippen LogP contribution in [0.25, 0.3) is 0 Å². The number of carboxylic acids is 1. The molecule has 24 heavy (non-hydrogen) atoms. The Bertz CT molecular complexity index is 645. The Hall–Kier alpha value is -2.33. The van der Waals surface area contributed by atoms with E-state index in [-0.39, 0.29) is 5.60 Å². The number of hydrogen-bond acceptors (Lipinski definition) is 3. The average molecular weight is 327 g/mol. The van der Waals surface area contributed by atoms with Gasteiger partial charge in [0.05, 0.1) is 0 Å². The summed E-state index contributed by atoms with van der Waals surface area (Å²) in [6.45, 7) is 6.52. The van der Waals surface area contributed by atoms with Gasteiger partial charge in [0.1, 0.15) is 17.4 Å². The summed E-state index contributed by atoms with van der Waals surface area (Å²) in [6.07, 6.45) is 0.429. The summed E-state index contributed by atoms with van der Waals surface area (Å²) in [6, 6.07) is 16.8. The molecule has 0 fully saturated rings. The molecule has 0 bridgehead atoms. The minimum absolute atomic E-state index is 0.248. The van der Waals surface area contributed by atoms with Gasteiger partial charge in [-0.25, -0.2) is 0 Å². The molecule has 0 unspecified atom stereocenters. The third-order valence-corrected chi connectivity index (χ3v) is 3.48. The van der Waals surface area contributed by atoms with Crippen LogP contribution in [0.1, 0.15) is 31.9 Å². The van der Waals surface area contributed by atoms with Crippen LogP contribution in [-0.4, -0.2) is 22.7 Å². The van der Waals surface area contributed by atoms with Crippen LogP contribution >= 0.6 is 0 Å². The van der Waals surface area contributed by atoms with E-state index in [9.17, 15) is 9.90 Å². The molecule has 0 amide bonds. The van der Waals surface area contributed by atoms with Crippen LogP contribution < -0.4 is 10.1 Å². The van der Waals surface area contributed by atoms with Crippen LogP contribution in [-0.2, 0) is 17.8 Å². The fourth-order valence-electron chi connectivity index (χ4n) is 2.37. The maximum absolute atomic E-state index is 11.5. The van der Waals surface area contributed by atoms with Gasteiger partial charge in [-0.3, -0.25) is 4.79 Å². The molecule has 128 valence electrons. The van der Waals surface area contributed by atoms with Crippen molar-refractivity contribution in [1.29, 1.82) is 0 Å². The van der Waals surface area contributed by atoms with Gasteiger partial charge in [-0.1, -0.05) is 42.5 Å². The standard InChI is InChI=1S/C20H25NO3/c1-20(2,3)24-17-11-9-15(10-12-17)13-18(19(22)23)21-14-16-7-5-4-6-8-16/h4-12,18,21H,13-14H2,1-3H3,(H,22,23)/t18-/m0/s1. The summed E-state index contributed by atoms with van der Waals surface area (Å²) < 4.78 is 5.78. The maximum Gasteiger partial charge on any atom is 0.321 e. The van der Waals surface area contributed by atoms with E-state index in [2.05, 4.69) is 5.32 Å². The molecule has 2 aromatic carbocycles. The van der Waals surface area contributed by atoms with Crippen LogP contribution in [0.5, 0.6) is 5.75 Å². The SMILES string of the molecule is CC(C)(C)Oc1ccc(C[C@H](NCc2ccccc2)C(=O)O)cc1. The summed E-state index contributed by atoms with van der Waals surface area (Å²) in [5, 5.41) is 12.5. The molecule has 4 nitrogen and oxygen atoms in total. The highest BCUT2D eigenvalue weighted by atomic mass is 16.5. The van der Waals surface area contributed by atoms with Crippen molar-refractivity contribution >= 4 is 5.97 Å². The van der Waals surface area contributed by atoms with E-state index >= 15 is 0 Å². The zero-order chi connectivity index (χ0) is 17.6. The van der Waals surface area contributed by atoms with Gasteiger partial charge in [-0.05, 0) is 50.5 Å². The average Bonchev–Trinajstić information content (AvgIpc) is 2.52. The molecular formula is C20H25NO3. The molecule has 0 spiro atoms. The fourth-order valence-corrected chi connectivity index (χ4v) is 2.37. The lowest BCUT2D eigenvalue weighted by Gasteiger charge is -2.21. The molecule has 1 atom stereocenters. The van der Waals surface area contributed by atoms with Crippen molar-refractivity contribution < 1.29 is 14.6 Å². The monoisotopic (exact) mass is 327 g/mol. The van der Waals surface area contributed by atoms with Crippen LogP contribution in [0.4, 0.5) is 0 Å². The molecule has 4 heteroatoms. The highest BCUT2D eigenvalue weighted by molar-refractivity contribution is 5.73. The summed E-state index contributed by atoms with van der Waals surface area (Å²) >= 11 is 0. The van der Waals surface area contributed by atoms with Crippen LogP contribution in [0.2, 0.25) is 0 Å². The van der Waals surface area contributed by atoms with Crippen molar-refractivity contribution in [1.82, 2.24) is 5.32 Å². The molecule has 2 aromatic rings. The van der Waals surface area contributed by atoms with Crippen molar-refractivity contribution in [2.75, 3.05) is 0 Å². The first kappa shape index (κ1) is 18.0. The highest BCUT2D eigenvalue weighted by Crippen LogP contribution is 2.19. The topological polar surface area (TPSA) is 58.6 Å². The van der Waals surface area contributed by atoms with Gasteiger partial charge in [0.2, 0.25) is 0 Å². The molecule has 2 rings (SSSR count). The zero-order valence-corrected chi connectivity index (χ0v) is 14.5. The Morgan fingerprint density at radius 3 is 2.21 bits per heavy atom. The van der Waals surface area contributed by atoms with Crippen molar-refractivity contribution in [3.05, 3.63) is 65.7 Å². The lowest BCUT2D eigenvalue weighted by atomic mass is 10.1. The first-order valence-corrected chi connectivity index (χ1v) is 8.11. The molecule has 0 aliphatic heterocycles. The molecular weight excluding hydrogens is 302 g/mol. The molecule has 0 saturated heterocycles. The quantitative estimate of drug-likeness (QED) is 0.815. The van der Waals surface area contributed by atoms with Crippen LogP contribution in [0.15, 0.2) is 54.6 Å². The number of hydrogen-bond donors (Lipinski definition) is 2. The lowest BCUT2D eigenvalue weighted by Crippen LogP contribution is -2.38. The van der Waals surface area contributed by atoms with Crippen molar-refractivity contribution in [3.8, 4) is 5.75 Å². The lowest BCUT2D eigenvalue weighted by molar-refractivity contribution is -0.139. The number of carboxylic acid groups (broad SMARTS) is 1. The van der Waals surface area contributed by atoms with Gasteiger partial charge in [-0.2, -0.15) is 0 Å². The number of nitrogens with one attached hydrogen (secondary N) is 1. The third-order valence-electron chi connectivity index (χ3n) is 3.48. The summed E-state index contributed by atoms with van der Waals surface area (Å²) in [4.78, 5) is 11.5. The normalized spacial score (nSPS) is 12.6. The van der Waals surface area contributed by atoms with Crippen LogP contribution in [0, 0.1) is 0 Å². The summed E-state index contributed by atoms with van der Waals surface area (Å²) in [5.41, 5.74) is 1.78. The van der Waals surface area contributed by atoms with Crippen molar-refractivity contribution in [2.24, 2.45) is 0 Å². The van der Waals surface area contributed by atoms with E-state index in [1.165, 1.54) is 0 Å². The minimum Gasteiger partial charge on any atom is -0.488 e. The maximum atomic E-state index is 11.5.